The summed E-state index contributed by atoms with van der Waals surface area (Å²) in [5.41, 5.74) is 1.53. The zero-order valence-corrected chi connectivity index (χ0v) is 17.9. The van der Waals surface area contributed by atoms with E-state index in [1.807, 2.05) is 16.7 Å². The van der Waals surface area contributed by atoms with Crippen LogP contribution in [0.2, 0.25) is 5.02 Å². The number of hydrogen-bond donors (Lipinski definition) is 0. The highest BCUT2D eigenvalue weighted by Crippen LogP contribution is 2.34. The second kappa shape index (κ2) is 8.32. The Morgan fingerprint density at radius 1 is 1.06 bits per heavy atom. The number of nitrogens with zero attached hydrogens (tertiary/aromatic N) is 7. The molecule has 0 unspecified atom stereocenters. The van der Waals surface area contributed by atoms with Crippen LogP contribution in [0.15, 0.2) is 36.8 Å². The zero-order valence-electron chi connectivity index (χ0n) is 17.1. The number of piperidine rings is 1. The van der Waals surface area contributed by atoms with Gasteiger partial charge < -0.3 is 4.90 Å². The van der Waals surface area contributed by atoms with E-state index >= 15 is 0 Å². The first-order valence-electron chi connectivity index (χ1n) is 10.4. The maximum Gasteiger partial charge on any atom is 0.401 e. The van der Waals surface area contributed by atoms with Crippen LogP contribution in [0, 0.1) is 0 Å². The van der Waals surface area contributed by atoms with E-state index < -0.39 is 12.7 Å². The standard InChI is InChI=1S/C21H21ClF3N7/c22-16-1-2-17-15(9-16)10-30(12-21(23,24)25)11-19-28-29-20(32(17)19)14-4-7-31(8-5-14)18-3-6-26-13-27-18/h1-3,6,9,13-14H,4-5,7-8,10-12H2. The lowest BCUT2D eigenvalue weighted by atomic mass is 9.95. The quantitative estimate of drug-likeness (QED) is 0.585. The van der Waals surface area contributed by atoms with Crippen molar-refractivity contribution >= 4 is 17.4 Å². The lowest BCUT2D eigenvalue weighted by Crippen LogP contribution is -2.34. The molecule has 0 bridgehead atoms. The van der Waals surface area contributed by atoms with Crippen LogP contribution in [-0.4, -0.2) is 55.4 Å². The molecule has 32 heavy (non-hydrogen) atoms. The minimum absolute atomic E-state index is 0.0680. The molecule has 0 atom stereocenters. The molecule has 3 aromatic rings. The van der Waals surface area contributed by atoms with Gasteiger partial charge in [-0.05, 0) is 42.7 Å². The van der Waals surface area contributed by atoms with Gasteiger partial charge in [0.25, 0.3) is 0 Å². The molecule has 5 rings (SSSR count). The summed E-state index contributed by atoms with van der Waals surface area (Å²) in [7, 11) is 0. The van der Waals surface area contributed by atoms with E-state index in [4.69, 9.17) is 11.6 Å². The molecule has 7 nitrogen and oxygen atoms in total. The van der Waals surface area contributed by atoms with E-state index in [1.54, 1.807) is 18.3 Å². The van der Waals surface area contributed by atoms with E-state index in [9.17, 15) is 13.2 Å². The molecule has 1 fully saturated rings. The number of benzene rings is 1. The van der Waals surface area contributed by atoms with Gasteiger partial charge in [0.1, 0.15) is 18.0 Å². The van der Waals surface area contributed by atoms with Crippen molar-refractivity contribution < 1.29 is 13.2 Å². The zero-order chi connectivity index (χ0) is 22.3. The van der Waals surface area contributed by atoms with Crippen molar-refractivity contribution in [3.8, 4) is 5.69 Å². The molecule has 168 valence electrons. The van der Waals surface area contributed by atoms with Gasteiger partial charge in [0.2, 0.25) is 0 Å². The molecular weight excluding hydrogens is 443 g/mol. The largest absolute Gasteiger partial charge is 0.401 e. The highest BCUT2D eigenvalue weighted by atomic mass is 35.5. The lowest BCUT2D eigenvalue weighted by Gasteiger charge is -2.32. The smallest absolute Gasteiger partial charge is 0.356 e. The molecule has 2 aliphatic heterocycles. The molecule has 0 aliphatic carbocycles. The van der Waals surface area contributed by atoms with Crippen LogP contribution < -0.4 is 4.90 Å². The lowest BCUT2D eigenvalue weighted by molar-refractivity contribution is -0.148. The van der Waals surface area contributed by atoms with Crippen LogP contribution in [0.5, 0.6) is 0 Å². The number of alkyl halides is 3. The Bertz CT molecular complexity index is 1090. The van der Waals surface area contributed by atoms with Gasteiger partial charge in [-0.1, -0.05) is 11.6 Å². The first kappa shape index (κ1) is 21.1. The van der Waals surface area contributed by atoms with Gasteiger partial charge in [-0.25, -0.2) is 9.97 Å². The highest BCUT2D eigenvalue weighted by molar-refractivity contribution is 6.30. The van der Waals surface area contributed by atoms with E-state index in [0.717, 1.165) is 48.8 Å². The third-order valence-corrected chi connectivity index (χ3v) is 6.18. The number of halogens is 4. The summed E-state index contributed by atoms with van der Waals surface area (Å²) in [6, 6.07) is 7.22. The summed E-state index contributed by atoms with van der Waals surface area (Å²) in [6.07, 6.45) is 0.648. The minimum Gasteiger partial charge on any atom is -0.356 e. The molecule has 11 heteroatoms. The fraction of sp³-hybridized carbons (Fsp3) is 0.429. The topological polar surface area (TPSA) is 63.0 Å². The molecule has 0 radical (unpaired) electrons. The number of aromatic nitrogens is 5. The van der Waals surface area contributed by atoms with Gasteiger partial charge in [0.15, 0.2) is 5.82 Å². The Balaban J connectivity index is 1.45. The van der Waals surface area contributed by atoms with Crippen molar-refractivity contribution in [3.05, 3.63) is 59.0 Å². The molecule has 2 aliphatic rings. The van der Waals surface area contributed by atoms with Crippen LogP contribution >= 0.6 is 11.6 Å². The second-order valence-electron chi connectivity index (χ2n) is 8.17. The predicted molar refractivity (Wildman–Crippen MR) is 113 cm³/mol. The van der Waals surface area contributed by atoms with Crippen molar-refractivity contribution in [2.24, 2.45) is 0 Å². The number of hydrogen-bond acceptors (Lipinski definition) is 6. The minimum atomic E-state index is -4.30. The van der Waals surface area contributed by atoms with Crippen molar-refractivity contribution in [2.75, 3.05) is 24.5 Å². The van der Waals surface area contributed by atoms with Crippen LogP contribution in [0.1, 0.15) is 36.0 Å². The van der Waals surface area contributed by atoms with Gasteiger partial charge in [0, 0.05) is 36.8 Å². The Morgan fingerprint density at radius 2 is 1.88 bits per heavy atom. The SMILES string of the molecule is FC(F)(F)CN1Cc2cc(Cl)ccc2-n2c(nnc2C2CCN(c3ccncn3)CC2)C1. The molecule has 1 saturated heterocycles. The van der Waals surface area contributed by atoms with Gasteiger partial charge >= 0.3 is 6.18 Å². The number of rotatable bonds is 3. The second-order valence-corrected chi connectivity index (χ2v) is 8.61. The maximum absolute atomic E-state index is 13.2. The van der Waals surface area contributed by atoms with Crippen molar-refractivity contribution in [3.63, 3.8) is 0 Å². The summed E-state index contributed by atoms with van der Waals surface area (Å²) >= 11 is 6.18. The summed E-state index contributed by atoms with van der Waals surface area (Å²) < 4.78 is 41.4. The fourth-order valence-electron chi connectivity index (χ4n) is 4.56. The van der Waals surface area contributed by atoms with Gasteiger partial charge in [0.05, 0.1) is 18.8 Å². The van der Waals surface area contributed by atoms with Gasteiger partial charge in [-0.3, -0.25) is 9.47 Å². The molecule has 0 amide bonds. The first-order chi connectivity index (χ1) is 15.4. The number of fused-ring (bicyclic) bond motifs is 3. The highest BCUT2D eigenvalue weighted by Gasteiger charge is 2.35. The van der Waals surface area contributed by atoms with Crippen LogP contribution in [0.4, 0.5) is 19.0 Å². The van der Waals surface area contributed by atoms with Gasteiger partial charge in [-0.15, -0.1) is 10.2 Å². The van der Waals surface area contributed by atoms with Crippen LogP contribution in [0.3, 0.4) is 0 Å². The van der Waals surface area contributed by atoms with Crippen LogP contribution in [0.25, 0.3) is 5.69 Å². The fourth-order valence-corrected chi connectivity index (χ4v) is 4.75. The van der Waals surface area contributed by atoms with Crippen molar-refractivity contribution in [1.82, 2.24) is 29.6 Å². The molecule has 2 aromatic heterocycles. The van der Waals surface area contributed by atoms with E-state index in [1.165, 1.54) is 11.2 Å². The Morgan fingerprint density at radius 3 is 2.59 bits per heavy atom. The van der Waals surface area contributed by atoms with E-state index in [-0.39, 0.29) is 19.0 Å². The molecular formula is C21H21ClF3N7. The maximum atomic E-state index is 13.2. The Labute approximate surface area is 187 Å². The third-order valence-electron chi connectivity index (χ3n) is 5.95. The third kappa shape index (κ3) is 4.29. The molecule has 0 spiro atoms. The Hall–Kier alpha value is -2.72. The Kier molecular flexibility index (Phi) is 5.50. The first-order valence-corrected chi connectivity index (χ1v) is 10.8. The van der Waals surface area contributed by atoms with E-state index in [2.05, 4.69) is 25.1 Å². The monoisotopic (exact) mass is 463 g/mol. The average Bonchev–Trinajstić information content (AvgIpc) is 3.10. The van der Waals surface area contributed by atoms with Crippen LogP contribution in [-0.2, 0) is 13.1 Å². The van der Waals surface area contributed by atoms with Gasteiger partial charge in [-0.2, -0.15) is 13.2 Å². The predicted octanol–water partition coefficient (Wildman–Crippen LogP) is 3.97. The summed E-state index contributed by atoms with van der Waals surface area (Å²) in [5, 5.41) is 9.24. The molecule has 1 aromatic carbocycles. The normalized spacial score (nSPS) is 17.7. The van der Waals surface area contributed by atoms with Crippen molar-refractivity contribution in [2.45, 2.75) is 38.0 Å². The summed E-state index contributed by atoms with van der Waals surface area (Å²) in [5.74, 6) is 2.34. The number of anilines is 1. The summed E-state index contributed by atoms with van der Waals surface area (Å²) in [4.78, 5) is 11.8. The molecule has 4 heterocycles. The van der Waals surface area contributed by atoms with E-state index in [0.29, 0.717) is 10.8 Å². The van der Waals surface area contributed by atoms with Crippen molar-refractivity contribution in [1.29, 1.82) is 0 Å². The molecule has 0 saturated carbocycles. The molecule has 0 N–H and O–H groups in total. The summed E-state index contributed by atoms with van der Waals surface area (Å²) in [6.45, 7) is 0.802. The average molecular weight is 464 g/mol.